The first-order chi connectivity index (χ1) is 5.79. The molecule has 2 rings (SSSR count). The van der Waals surface area contributed by atoms with Crippen molar-refractivity contribution >= 4 is 0 Å². The van der Waals surface area contributed by atoms with E-state index < -0.39 is 0 Å². The van der Waals surface area contributed by atoms with Crippen LogP contribution in [0.3, 0.4) is 0 Å². The van der Waals surface area contributed by atoms with Gasteiger partial charge in [-0.1, -0.05) is 26.2 Å². The van der Waals surface area contributed by atoms with Crippen molar-refractivity contribution in [2.45, 2.75) is 51.6 Å². The maximum atomic E-state index is 9.72. The topological polar surface area (TPSA) is 20.2 Å². The molecule has 0 heterocycles. The minimum atomic E-state index is 0.00403. The summed E-state index contributed by atoms with van der Waals surface area (Å²) in [7, 11) is 0. The lowest BCUT2D eigenvalue weighted by Crippen LogP contribution is -2.37. The fraction of sp³-hybridized carbons (Fsp3) is 1.00. The summed E-state index contributed by atoms with van der Waals surface area (Å²) in [5.74, 6) is 2.38. The Morgan fingerprint density at radius 2 is 1.75 bits per heavy atom. The van der Waals surface area contributed by atoms with Crippen LogP contribution in [-0.4, -0.2) is 11.2 Å². The van der Waals surface area contributed by atoms with Crippen molar-refractivity contribution in [3.8, 4) is 0 Å². The molecule has 0 aromatic carbocycles. The van der Waals surface area contributed by atoms with Crippen molar-refractivity contribution in [1.82, 2.24) is 0 Å². The van der Waals surface area contributed by atoms with Gasteiger partial charge in [-0.25, -0.2) is 0 Å². The van der Waals surface area contributed by atoms with Crippen molar-refractivity contribution in [3.63, 3.8) is 0 Å². The molecule has 0 saturated heterocycles. The summed E-state index contributed by atoms with van der Waals surface area (Å²) in [5.41, 5.74) is 0. The number of rotatable bonds is 0. The van der Waals surface area contributed by atoms with Crippen LogP contribution in [0.1, 0.15) is 45.4 Å². The van der Waals surface area contributed by atoms with Crippen LogP contribution in [-0.2, 0) is 0 Å². The van der Waals surface area contributed by atoms with Gasteiger partial charge in [-0.05, 0) is 37.0 Å². The van der Waals surface area contributed by atoms with E-state index in [1.54, 1.807) is 0 Å². The van der Waals surface area contributed by atoms with Crippen molar-refractivity contribution < 1.29 is 5.11 Å². The van der Waals surface area contributed by atoms with Crippen molar-refractivity contribution in [1.29, 1.82) is 0 Å². The van der Waals surface area contributed by atoms with Crippen LogP contribution in [0.15, 0.2) is 0 Å². The van der Waals surface area contributed by atoms with Gasteiger partial charge in [-0.2, -0.15) is 0 Å². The zero-order valence-electron chi connectivity index (χ0n) is 8.00. The van der Waals surface area contributed by atoms with Crippen LogP contribution >= 0.6 is 0 Å². The first-order valence-electron chi connectivity index (χ1n) is 5.47. The van der Waals surface area contributed by atoms with E-state index >= 15 is 0 Å². The summed E-state index contributed by atoms with van der Waals surface area (Å²) in [5, 5.41) is 9.72. The van der Waals surface area contributed by atoms with Crippen LogP contribution in [0, 0.1) is 17.8 Å². The highest BCUT2D eigenvalue weighted by Gasteiger charge is 2.36. The molecular weight excluding hydrogens is 148 g/mol. The Kier molecular flexibility index (Phi) is 2.40. The molecule has 2 fully saturated rings. The number of hydrogen-bond acceptors (Lipinski definition) is 1. The normalized spacial score (nSPS) is 48.5. The molecule has 2 saturated carbocycles. The van der Waals surface area contributed by atoms with Crippen LogP contribution in [0.5, 0.6) is 0 Å². The Morgan fingerprint density at radius 1 is 1.00 bits per heavy atom. The number of hydrogen-bond donors (Lipinski definition) is 1. The van der Waals surface area contributed by atoms with Crippen LogP contribution in [0.25, 0.3) is 0 Å². The molecule has 1 N–H and O–H groups in total. The standard InChI is InChI=1S/C11H20O/c1-8-10-5-3-2-4-9(10)6-7-11(8)12/h8-12H,2-7H2,1H3/t8-,9-,10-,11-/m1/s1. The summed E-state index contributed by atoms with van der Waals surface area (Å²) in [4.78, 5) is 0. The Bertz CT molecular complexity index is 153. The number of fused-ring (bicyclic) bond motifs is 1. The Hall–Kier alpha value is -0.0400. The van der Waals surface area contributed by atoms with Gasteiger partial charge < -0.3 is 5.11 Å². The molecule has 0 radical (unpaired) electrons. The molecule has 0 unspecified atom stereocenters. The first-order valence-corrected chi connectivity index (χ1v) is 5.47. The van der Waals surface area contributed by atoms with Crippen LogP contribution in [0.4, 0.5) is 0 Å². The third kappa shape index (κ3) is 1.39. The molecule has 0 aliphatic heterocycles. The maximum absolute atomic E-state index is 9.72. The fourth-order valence-corrected chi connectivity index (χ4v) is 3.22. The molecule has 0 aromatic heterocycles. The number of aliphatic hydroxyl groups excluding tert-OH is 1. The summed E-state index contributed by atoms with van der Waals surface area (Å²) >= 11 is 0. The van der Waals surface area contributed by atoms with Gasteiger partial charge >= 0.3 is 0 Å². The third-order valence-electron chi connectivity index (χ3n) is 4.08. The lowest BCUT2D eigenvalue weighted by molar-refractivity contribution is -0.00589. The molecule has 0 spiro atoms. The van der Waals surface area contributed by atoms with Crippen molar-refractivity contribution in [3.05, 3.63) is 0 Å². The zero-order chi connectivity index (χ0) is 8.55. The molecule has 0 aromatic rings. The second-order valence-corrected chi connectivity index (χ2v) is 4.71. The Balaban J connectivity index is 2.03. The summed E-state index contributed by atoms with van der Waals surface area (Å²) < 4.78 is 0. The molecule has 4 atom stereocenters. The SMILES string of the molecule is C[C@@H]1[C@H]2CCCC[C@@H]2CC[C@H]1O. The van der Waals surface area contributed by atoms with Gasteiger partial charge in [-0.3, -0.25) is 0 Å². The highest BCUT2D eigenvalue weighted by Crippen LogP contribution is 2.43. The van der Waals surface area contributed by atoms with Gasteiger partial charge in [0.15, 0.2) is 0 Å². The predicted molar refractivity (Wildman–Crippen MR) is 49.9 cm³/mol. The summed E-state index contributed by atoms with van der Waals surface area (Å²) in [6.07, 6.45) is 8.00. The maximum Gasteiger partial charge on any atom is 0.0568 e. The van der Waals surface area contributed by atoms with Gasteiger partial charge in [0.2, 0.25) is 0 Å². The van der Waals surface area contributed by atoms with Gasteiger partial charge in [0.05, 0.1) is 6.10 Å². The molecule has 70 valence electrons. The van der Waals surface area contributed by atoms with E-state index in [1.165, 1.54) is 32.1 Å². The lowest BCUT2D eigenvalue weighted by atomic mass is 9.65. The smallest absolute Gasteiger partial charge is 0.0568 e. The average Bonchev–Trinajstić information content (AvgIpc) is 2.12. The van der Waals surface area contributed by atoms with Gasteiger partial charge in [-0.15, -0.1) is 0 Å². The van der Waals surface area contributed by atoms with Gasteiger partial charge in [0, 0.05) is 0 Å². The van der Waals surface area contributed by atoms with Gasteiger partial charge in [0.25, 0.3) is 0 Å². The molecule has 1 heteroatoms. The molecule has 1 nitrogen and oxygen atoms in total. The second kappa shape index (κ2) is 3.37. The molecular formula is C11H20O. The molecule has 0 amide bonds. The van der Waals surface area contributed by atoms with Crippen LogP contribution < -0.4 is 0 Å². The third-order valence-corrected chi connectivity index (χ3v) is 4.08. The molecule has 2 aliphatic carbocycles. The molecule has 12 heavy (non-hydrogen) atoms. The Morgan fingerprint density at radius 3 is 2.58 bits per heavy atom. The zero-order valence-corrected chi connectivity index (χ0v) is 8.00. The molecule has 0 bridgehead atoms. The van der Waals surface area contributed by atoms with Crippen LogP contribution in [0.2, 0.25) is 0 Å². The lowest BCUT2D eigenvalue weighted by Gasteiger charge is -2.42. The average molecular weight is 168 g/mol. The quantitative estimate of drug-likeness (QED) is 0.589. The van der Waals surface area contributed by atoms with E-state index in [-0.39, 0.29) is 6.10 Å². The van der Waals surface area contributed by atoms with Gasteiger partial charge in [0.1, 0.15) is 0 Å². The largest absolute Gasteiger partial charge is 0.393 e. The fourth-order valence-electron chi connectivity index (χ4n) is 3.22. The van der Waals surface area contributed by atoms with E-state index in [9.17, 15) is 5.11 Å². The van der Waals surface area contributed by atoms with Crippen molar-refractivity contribution in [2.24, 2.45) is 17.8 Å². The minimum Gasteiger partial charge on any atom is -0.393 e. The van der Waals surface area contributed by atoms with Crippen molar-refractivity contribution in [2.75, 3.05) is 0 Å². The highest BCUT2D eigenvalue weighted by atomic mass is 16.3. The minimum absolute atomic E-state index is 0.00403. The first kappa shape index (κ1) is 8.55. The predicted octanol–water partition coefficient (Wildman–Crippen LogP) is 2.58. The van der Waals surface area contributed by atoms with E-state index in [4.69, 9.17) is 0 Å². The van der Waals surface area contributed by atoms with E-state index in [0.717, 1.165) is 18.3 Å². The van der Waals surface area contributed by atoms with E-state index in [0.29, 0.717) is 5.92 Å². The second-order valence-electron chi connectivity index (χ2n) is 4.71. The summed E-state index contributed by atoms with van der Waals surface area (Å²) in [6.45, 7) is 2.24. The number of aliphatic hydroxyl groups is 1. The highest BCUT2D eigenvalue weighted by molar-refractivity contribution is 4.87. The molecule has 2 aliphatic rings. The monoisotopic (exact) mass is 168 g/mol. The Labute approximate surface area is 75.2 Å². The summed E-state index contributed by atoms with van der Waals surface area (Å²) in [6, 6.07) is 0. The van der Waals surface area contributed by atoms with E-state index in [1.807, 2.05) is 0 Å². The van der Waals surface area contributed by atoms with E-state index in [2.05, 4.69) is 6.92 Å².